The predicted molar refractivity (Wildman–Crippen MR) is 597 cm³/mol. The highest BCUT2D eigenvalue weighted by atomic mass is 16.5. The van der Waals surface area contributed by atoms with Crippen molar-refractivity contribution in [2.24, 2.45) is 0 Å². The van der Waals surface area contributed by atoms with Gasteiger partial charge in [-0.05, 0) is 274 Å². The summed E-state index contributed by atoms with van der Waals surface area (Å²) in [5, 5.41) is 2.52. The normalized spacial score (nSPS) is 12.6. The minimum Gasteiger partial charge on any atom is -0.453 e. The van der Waals surface area contributed by atoms with Gasteiger partial charge in [0.05, 0.1) is 45.5 Å². The molecular formula is C136H86N4O8. The van der Waals surface area contributed by atoms with Crippen LogP contribution < -0.4 is 57.5 Å². The number of benzene rings is 23. The zero-order chi connectivity index (χ0) is 97.6. The summed E-state index contributed by atoms with van der Waals surface area (Å²) in [4.78, 5) is 8.98. The third-order valence-corrected chi connectivity index (χ3v) is 28.4. The SMILES string of the molecule is c1ccc(-c2ccc(-c3ccc4c(c3)Oc3cccc5c3N4c3ccccc3O5)cc2)cc1.c1ccc(-c2cccc(-c3ccc(-c4ccc5c(c4)Oc4cccc6c4N5c4ccccc4O6)cc3)c2)cc1.c1ccc(-c2ccccc2-c2ccc(-c3ccc4c(c3)Oc3cccc5c3N4c3ccccc3O5)cc2)cc1.c1ccc2c(c1)Oc1cccc3c1N2c1ccc(-c2ccc(-c4cccc5ccccc45)cc2)cc1O3. The van der Waals surface area contributed by atoms with Gasteiger partial charge >= 0.3 is 0 Å². The first-order valence-electron chi connectivity index (χ1n) is 49.7. The van der Waals surface area contributed by atoms with E-state index >= 15 is 0 Å². The van der Waals surface area contributed by atoms with E-state index in [0.29, 0.717) is 0 Å². The summed E-state index contributed by atoms with van der Waals surface area (Å²) in [5.41, 5.74) is 35.5. The molecule has 0 saturated heterocycles. The lowest BCUT2D eigenvalue weighted by molar-refractivity contribution is 0.445. The number of fused-ring (bicyclic) bond motifs is 17. The molecule has 31 rings (SSSR count). The number of nitrogens with zero attached hydrogens (tertiary/aromatic N) is 4. The Morgan fingerprint density at radius 2 is 0.291 bits per heavy atom. The van der Waals surface area contributed by atoms with Gasteiger partial charge in [-0.25, -0.2) is 0 Å². The van der Waals surface area contributed by atoms with Crippen molar-refractivity contribution in [1.82, 2.24) is 0 Å². The molecule has 0 spiro atoms. The molecule has 8 aliphatic rings. The Balaban J connectivity index is 0.0000000953. The fraction of sp³-hybridized carbons (Fsp3) is 0. The molecule has 0 aromatic heterocycles. The minimum absolute atomic E-state index is 0.791. The van der Waals surface area contributed by atoms with E-state index in [2.05, 4.69) is 384 Å². The summed E-state index contributed by atoms with van der Waals surface area (Å²) in [6, 6.07) is 181. The number of rotatable bonds is 10. The highest BCUT2D eigenvalue weighted by Crippen LogP contribution is 2.66. The smallest absolute Gasteiger partial charge is 0.155 e. The van der Waals surface area contributed by atoms with Crippen LogP contribution >= 0.6 is 0 Å². The first kappa shape index (κ1) is 85.9. The molecule has 0 fully saturated rings. The second kappa shape index (κ2) is 36.2. The van der Waals surface area contributed by atoms with Crippen LogP contribution in [0.5, 0.6) is 92.0 Å². The van der Waals surface area contributed by atoms with E-state index < -0.39 is 0 Å². The van der Waals surface area contributed by atoms with Gasteiger partial charge in [0, 0.05) is 0 Å². The Bertz CT molecular complexity index is 9170. The summed E-state index contributed by atoms with van der Waals surface area (Å²) < 4.78 is 50.4. The van der Waals surface area contributed by atoms with E-state index in [-0.39, 0.29) is 0 Å². The van der Waals surface area contributed by atoms with Gasteiger partial charge in [-0.1, -0.05) is 370 Å². The molecule has 8 aliphatic heterocycles. The van der Waals surface area contributed by atoms with Crippen molar-refractivity contribution in [3.63, 3.8) is 0 Å². The van der Waals surface area contributed by atoms with E-state index in [9.17, 15) is 0 Å². The summed E-state index contributed by atoms with van der Waals surface area (Å²) in [6.45, 7) is 0. The maximum Gasteiger partial charge on any atom is 0.155 e. The van der Waals surface area contributed by atoms with Crippen LogP contribution in [-0.2, 0) is 0 Å². The van der Waals surface area contributed by atoms with Gasteiger partial charge in [0.1, 0.15) is 22.7 Å². The van der Waals surface area contributed by atoms with Gasteiger partial charge in [0.15, 0.2) is 92.0 Å². The predicted octanol–water partition coefficient (Wildman–Crippen LogP) is 39.3. The highest BCUT2D eigenvalue weighted by molar-refractivity contribution is 6.02. The van der Waals surface area contributed by atoms with E-state index in [0.717, 1.165) is 205 Å². The molecule has 12 heteroatoms. The third kappa shape index (κ3) is 15.3. The van der Waals surface area contributed by atoms with Crippen LogP contribution in [0.4, 0.5) is 68.2 Å². The lowest BCUT2D eigenvalue weighted by Crippen LogP contribution is -2.20. The Labute approximate surface area is 855 Å². The van der Waals surface area contributed by atoms with Crippen molar-refractivity contribution in [1.29, 1.82) is 0 Å². The van der Waals surface area contributed by atoms with Crippen molar-refractivity contribution in [3.8, 4) is 203 Å². The second-order valence-corrected chi connectivity index (χ2v) is 37.2. The maximum atomic E-state index is 6.44. The number of hydrogen-bond acceptors (Lipinski definition) is 12. The van der Waals surface area contributed by atoms with Crippen molar-refractivity contribution in [3.05, 3.63) is 522 Å². The van der Waals surface area contributed by atoms with Crippen LogP contribution in [-0.4, -0.2) is 0 Å². The summed E-state index contributed by atoms with van der Waals surface area (Å²) in [6.07, 6.45) is 0. The van der Waals surface area contributed by atoms with Crippen molar-refractivity contribution >= 4 is 79.0 Å². The van der Waals surface area contributed by atoms with Crippen molar-refractivity contribution < 1.29 is 37.9 Å². The topological polar surface area (TPSA) is 86.8 Å². The number of hydrogen-bond donors (Lipinski definition) is 0. The monoisotopic (exact) mass is 1900 g/mol. The molecule has 0 radical (unpaired) electrons. The number of para-hydroxylation sites is 12. The van der Waals surface area contributed by atoms with Crippen molar-refractivity contribution in [2.75, 3.05) is 19.6 Å². The van der Waals surface area contributed by atoms with E-state index in [1.54, 1.807) is 0 Å². The molecule has 0 bridgehead atoms. The molecule has 0 unspecified atom stereocenters. The zero-order valence-corrected chi connectivity index (χ0v) is 79.7. The molecule has 0 amide bonds. The Morgan fingerprint density at radius 1 is 0.108 bits per heavy atom. The molecule has 0 N–H and O–H groups in total. The highest BCUT2D eigenvalue weighted by Gasteiger charge is 2.40. The molecule has 698 valence electrons. The molecule has 23 aromatic carbocycles. The van der Waals surface area contributed by atoms with Crippen LogP contribution in [0.3, 0.4) is 0 Å². The van der Waals surface area contributed by atoms with Crippen LogP contribution in [0.25, 0.3) is 122 Å². The Morgan fingerprint density at radius 3 is 0.622 bits per heavy atom. The molecule has 0 saturated carbocycles. The first-order valence-corrected chi connectivity index (χ1v) is 49.7. The van der Waals surface area contributed by atoms with E-state index in [1.807, 2.05) is 158 Å². The average Bonchev–Trinajstić information content (AvgIpc) is 0.736. The van der Waals surface area contributed by atoms with Gasteiger partial charge in [-0.15, -0.1) is 0 Å². The van der Waals surface area contributed by atoms with Crippen LogP contribution in [0.15, 0.2) is 522 Å². The molecule has 148 heavy (non-hydrogen) atoms. The molecule has 8 heterocycles. The lowest BCUT2D eigenvalue weighted by Gasteiger charge is -2.37. The van der Waals surface area contributed by atoms with Gasteiger partial charge in [0.25, 0.3) is 0 Å². The number of ether oxygens (including phenoxy) is 8. The number of anilines is 12. The summed E-state index contributed by atoms with van der Waals surface area (Å²) >= 11 is 0. The van der Waals surface area contributed by atoms with Crippen LogP contribution in [0, 0.1) is 0 Å². The maximum absolute atomic E-state index is 6.44. The van der Waals surface area contributed by atoms with Gasteiger partial charge in [0.2, 0.25) is 0 Å². The van der Waals surface area contributed by atoms with Crippen LogP contribution in [0.1, 0.15) is 0 Å². The lowest BCUT2D eigenvalue weighted by atomic mass is 9.93. The molecule has 0 aliphatic carbocycles. The average molecular weight is 1900 g/mol. The fourth-order valence-corrected chi connectivity index (χ4v) is 21.3. The second-order valence-electron chi connectivity index (χ2n) is 37.2. The minimum atomic E-state index is 0.791. The molecule has 12 nitrogen and oxygen atoms in total. The quantitative estimate of drug-likeness (QED) is 0.131. The summed E-state index contributed by atoms with van der Waals surface area (Å²) in [5.74, 6) is 13.1. The molecular weight excluding hydrogens is 1820 g/mol. The Kier molecular flexibility index (Phi) is 21.0. The zero-order valence-electron chi connectivity index (χ0n) is 79.7. The van der Waals surface area contributed by atoms with E-state index in [1.165, 1.54) is 77.5 Å². The van der Waals surface area contributed by atoms with Crippen LogP contribution in [0.2, 0.25) is 0 Å². The van der Waals surface area contributed by atoms with Crippen molar-refractivity contribution in [2.45, 2.75) is 0 Å². The largest absolute Gasteiger partial charge is 0.453 e. The molecule has 0 atom stereocenters. The summed E-state index contributed by atoms with van der Waals surface area (Å²) in [7, 11) is 0. The first-order chi connectivity index (χ1) is 73.3. The van der Waals surface area contributed by atoms with Gasteiger partial charge in [-0.2, -0.15) is 0 Å². The standard InChI is InChI=1S/2C36H23NO2.C34H21NO2.C30H19NO2/c1-2-8-24(9-3-1)27-10-6-11-28(22-27)25-16-18-26(19-17-25)29-20-21-31-35(23-29)39-34-15-7-14-33-36(34)37(31)30-12-4-5-13-32(30)38-33;1-2-9-25(10-3-1)28-11-4-5-12-29(28)26-19-17-24(18-20-26)27-21-22-31-35(23-27)39-34-16-8-15-33-36(34)37(31)30-13-6-7-14-32(30)38-33;1-2-9-26-23(7-1)8-5-10-27(26)24-17-15-22(16-18-24)25-19-20-29-33(21-25)37-32-14-6-13-31-34(32)35(29)28-11-3-4-12-30(28)36-31;1-2-7-20(8-3-1)21-13-15-22(16-14-21)23-17-18-25-29(19-23)33-28-12-6-11-27-30(28)31(25)24-9-4-5-10-26(24)32-27/h2*1-23H;1-21H;1-19H. The molecule has 23 aromatic rings. The van der Waals surface area contributed by atoms with E-state index in [4.69, 9.17) is 37.9 Å². The van der Waals surface area contributed by atoms with Gasteiger partial charge in [-0.3, -0.25) is 19.6 Å². The third-order valence-electron chi connectivity index (χ3n) is 28.4. The van der Waals surface area contributed by atoms with Gasteiger partial charge < -0.3 is 37.9 Å². The fourth-order valence-electron chi connectivity index (χ4n) is 21.3. The Hall–Kier alpha value is -20.1.